The highest BCUT2D eigenvalue weighted by Gasteiger charge is 2.31. The molecule has 0 bridgehead atoms. The third-order valence-electron chi connectivity index (χ3n) is 4.08. The van der Waals surface area contributed by atoms with Crippen molar-refractivity contribution in [2.45, 2.75) is 46.1 Å². The van der Waals surface area contributed by atoms with E-state index in [-0.39, 0.29) is 12.0 Å². The van der Waals surface area contributed by atoms with Crippen molar-refractivity contribution in [3.63, 3.8) is 0 Å². The first-order valence-corrected chi connectivity index (χ1v) is 5.94. The van der Waals surface area contributed by atoms with Crippen LogP contribution in [0.4, 0.5) is 0 Å². The lowest BCUT2D eigenvalue weighted by molar-refractivity contribution is 0.0222. The van der Waals surface area contributed by atoms with E-state index in [0.717, 1.165) is 11.8 Å². The van der Waals surface area contributed by atoms with Crippen LogP contribution >= 0.6 is 0 Å². The van der Waals surface area contributed by atoms with Crippen LogP contribution in [-0.4, -0.2) is 17.8 Å². The summed E-state index contributed by atoms with van der Waals surface area (Å²) in [5.74, 6) is 2.32. The monoisotopic (exact) mass is 199 g/mol. The molecule has 5 atom stereocenters. The van der Waals surface area contributed by atoms with Crippen LogP contribution in [0.15, 0.2) is 0 Å². The molecule has 1 rings (SSSR count). The van der Waals surface area contributed by atoms with E-state index >= 15 is 0 Å². The molecule has 1 saturated carbocycles. The summed E-state index contributed by atoms with van der Waals surface area (Å²) in [5.41, 5.74) is 5.58. The lowest BCUT2D eigenvalue weighted by atomic mass is 9.72. The number of rotatable bonds is 3. The summed E-state index contributed by atoms with van der Waals surface area (Å²) < 4.78 is 0. The maximum atomic E-state index is 10.1. The van der Waals surface area contributed by atoms with Crippen molar-refractivity contribution in [3.05, 3.63) is 0 Å². The normalized spacial score (nSPS) is 37.9. The fourth-order valence-corrected chi connectivity index (χ4v) is 2.50. The van der Waals surface area contributed by atoms with Gasteiger partial charge in [-0.25, -0.2) is 0 Å². The summed E-state index contributed by atoms with van der Waals surface area (Å²) in [5, 5.41) is 10.1. The van der Waals surface area contributed by atoms with E-state index in [4.69, 9.17) is 5.73 Å². The smallest absolute Gasteiger partial charge is 0.0606 e. The zero-order chi connectivity index (χ0) is 10.7. The van der Waals surface area contributed by atoms with E-state index in [1.54, 1.807) is 0 Å². The number of hydrogen-bond donors (Lipinski definition) is 2. The zero-order valence-corrected chi connectivity index (χ0v) is 9.74. The molecular weight excluding hydrogens is 174 g/mol. The molecule has 5 unspecified atom stereocenters. The Morgan fingerprint density at radius 1 is 1.29 bits per heavy atom. The summed E-state index contributed by atoms with van der Waals surface area (Å²) in [6.45, 7) is 7.27. The highest BCUT2D eigenvalue weighted by molar-refractivity contribution is 4.82. The highest BCUT2D eigenvalue weighted by Crippen LogP contribution is 2.36. The standard InChI is InChI=1S/C12H25NO/c1-8-4-5-11(6-9(8)2)12(14)10(3)7-13/h8-12,14H,4-7,13H2,1-3H3. The van der Waals surface area contributed by atoms with Gasteiger partial charge in [-0.05, 0) is 43.1 Å². The largest absolute Gasteiger partial charge is 0.393 e. The van der Waals surface area contributed by atoms with Gasteiger partial charge in [-0.1, -0.05) is 27.2 Å². The van der Waals surface area contributed by atoms with Gasteiger partial charge in [-0.3, -0.25) is 0 Å². The van der Waals surface area contributed by atoms with Crippen LogP contribution in [0.3, 0.4) is 0 Å². The Morgan fingerprint density at radius 2 is 1.93 bits per heavy atom. The van der Waals surface area contributed by atoms with Gasteiger partial charge in [0.2, 0.25) is 0 Å². The van der Waals surface area contributed by atoms with E-state index in [9.17, 15) is 5.11 Å². The second-order valence-corrected chi connectivity index (χ2v) is 5.23. The van der Waals surface area contributed by atoms with Crippen LogP contribution < -0.4 is 5.73 Å². The van der Waals surface area contributed by atoms with Crippen molar-refractivity contribution >= 4 is 0 Å². The van der Waals surface area contributed by atoms with Crippen LogP contribution in [0, 0.1) is 23.7 Å². The second-order valence-electron chi connectivity index (χ2n) is 5.23. The maximum Gasteiger partial charge on any atom is 0.0606 e. The Balaban J connectivity index is 2.45. The third-order valence-corrected chi connectivity index (χ3v) is 4.08. The van der Waals surface area contributed by atoms with E-state index in [0.29, 0.717) is 12.5 Å². The van der Waals surface area contributed by atoms with Crippen molar-refractivity contribution < 1.29 is 5.11 Å². The number of aliphatic hydroxyl groups is 1. The first-order chi connectivity index (χ1) is 6.56. The molecule has 1 aliphatic carbocycles. The van der Waals surface area contributed by atoms with Crippen molar-refractivity contribution in [3.8, 4) is 0 Å². The van der Waals surface area contributed by atoms with E-state index in [1.165, 1.54) is 19.3 Å². The van der Waals surface area contributed by atoms with Crippen molar-refractivity contribution in [1.82, 2.24) is 0 Å². The Kier molecular flexibility index (Phi) is 4.39. The molecule has 0 radical (unpaired) electrons. The molecule has 0 heterocycles. The minimum absolute atomic E-state index is 0.185. The minimum atomic E-state index is -0.185. The molecule has 0 aromatic heterocycles. The molecule has 0 amide bonds. The maximum absolute atomic E-state index is 10.1. The Hall–Kier alpha value is -0.0800. The summed E-state index contributed by atoms with van der Waals surface area (Å²) in [6.07, 6.45) is 3.43. The molecule has 2 nitrogen and oxygen atoms in total. The quantitative estimate of drug-likeness (QED) is 0.730. The predicted molar refractivity (Wildman–Crippen MR) is 59.9 cm³/mol. The van der Waals surface area contributed by atoms with Gasteiger partial charge in [0.05, 0.1) is 6.10 Å². The average Bonchev–Trinajstić information content (AvgIpc) is 2.20. The van der Waals surface area contributed by atoms with Crippen molar-refractivity contribution in [2.75, 3.05) is 6.54 Å². The van der Waals surface area contributed by atoms with Crippen molar-refractivity contribution in [1.29, 1.82) is 0 Å². The summed E-state index contributed by atoms with van der Waals surface area (Å²) >= 11 is 0. The highest BCUT2D eigenvalue weighted by atomic mass is 16.3. The molecule has 14 heavy (non-hydrogen) atoms. The SMILES string of the molecule is CC1CCC(C(O)C(C)CN)CC1C. The lowest BCUT2D eigenvalue weighted by Gasteiger charge is -2.36. The molecule has 1 aliphatic rings. The summed E-state index contributed by atoms with van der Waals surface area (Å²) in [4.78, 5) is 0. The summed E-state index contributed by atoms with van der Waals surface area (Å²) in [6, 6.07) is 0. The first-order valence-electron chi connectivity index (χ1n) is 5.94. The van der Waals surface area contributed by atoms with Gasteiger partial charge < -0.3 is 10.8 Å². The third kappa shape index (κ3) is 2.71. The predicted octanol–water partition coefficient (Wildman–Crippen LogP) is 2.01. The molecule has 0 saturated heterocycles. The molecule has 84 valence electrons. The van der Waals surface area contributed by atoms with Crippen molar-refractivity contribution in [2.24, 2.45) is 29.4 Å². The summed E-state index contributed by atoms with van der Waals surface area (Å²) in [7, 11) is 0. The fourth-order valence-electron chi connectivity index (χ4n) is 2.50. The molecule has 1 fully saturated rings. The van der Waals surface area contributed by atoms with Gasteiger partial charge in [0.15, 0.2) is 0 Å². The van der Waals surface area contributed by atoms with Crippen LogP contribution in [0.1, 0.15) is 40.0 Å². The van der Waals surface area contributed by atoms with Crippen LogP contribution in [-0.2, 0) is 0 Å². The molecule has 0 aliphatic heterocycles. The first kappa shape index (κ1) is 12.0. The number of nitrogens with two attached hydrogens (primary N) is 1. The van der Waals surface area contributed by atoms with Gasteiger partial charge in [0.25, 0.3) is 0 Å². The molecule has 0 aromatic carbocycles. The van der Waals surface area contributed by atoms with Gasteiger partial charge in [0, 0.05) is 0 Å². The topological polar surface area (TPSA) is 46.2 Å². The number of hydrogen-bond acceptors (Lipinski definition) is 2. The fraction of sp³-hybridized carbons (Fsp3) is 1.00. The Morgan fingerprint density at radius 3 is 2.43 bits per heavy atom. The Bertz CT molecular complexity index is 172. The van der Waals surface area contributed by atoms with Gasteiger partial charge in [-0.15, -0.1) is 0 Å². The van der Waals surface area contributed by atoms with E-state index in [2.05, 4.69) is 13.8 Å². The molecule has 0 aromatic rings. The molecular formula is C12H25NO. The number of aliphatic hydroxyl groups excluding tert-OH is 1. The zero-order valence-electron chi connectivity index (χ0n) is 9.74. The van der Waals surface area contributed by atoms with Gasteiger partial charge in [-0.2, -0.15) is 0 Å². The minimum Gasteiger partial charge on any atom is -0.393 e. The average molecular weight is 199 g/mol. The Labute approximate surface area is 87.9 Å². The molecule has 0 spiro atoms. The van der Waals surface area contributed by atoms with E-state index in [1.807, 2.05) is 6.92 Å². The van der Waals surface area contributed by atoms with Gasteiger partial charge >= 0.3 is 0 Å². The second kappa shape index (κ2) is 5.13. The lowest BCUT2D eigenvalue weighted by Crippen LogP contribution is -2.36. The van der Waals surface area contributed by atoms with Gasteiger partial charge in [0.1, 0.15) is 0 Å². The molecule has 3 N–H and O–H groups in total. The van der Waals surface area contributed by atoms with Crippen LogP contribution in [0.25, 0.3) is 0 Å². The van der Waals surface area contributed by atoms with Crippen LogP contribution in [0.5, 0.6) is 0 Å². The van der Waals surface area contributed by atoms with Crippen LogP contribution in [0.2, 0.25) is 0 Å². The molecule has 2 heteroatoms. The van der Waals surface area contributed by atoms with E-state index < -0.39 is 0 Å².